The summed E-state index contributed by atoms with van der Waals surface area (Å²) in [5.74, 6) is -0.672. The highest BCUT2D eigenvalue weighted by atomic mass is 16.5. The van der Waals surface area contributed by atoms with Gasteiger partial charge in [0.15, 0.2) is 5.78 Å². The Morgan fingerprint density at radius 1 is 0.919 bits per heavy atom. The Hall–Kier alpha value is -3.48. The number of carboxylic acids is 1. The minimum absolute atomic E-state index is 0.0972. The van der Waals surface area contributed by atoms with Gasteiger partial charge in [-0.3, -0.25) is 9.59 Å². The average Bonchev–Trinajstić information content (AvgIpc) is 2.92. The normalized spacial score (nSPS) is 14.1. The molecule has 0 spiro atoms. The highest BCUT2D eigenvalue weighted by Crippen LogP contribution is 2.35. The molecule has 3 aromatic carbocycles. The van der Waals surface area contributed by atoms with Crippen molar-refractivity contribution in [3.05, 3.63) is 101 Å². The van der Waals surface area contributed by atoms with Crippen LogP contribution >= 0.6 is 0 Å². The third-order valence-corrected chi connectivity index (χ3v) is 6.62. The fraction of sp³-hybridized carbons (Fsp3) is 0.355. The molecule has 3 rings (SSSR count). The van der Waals surface area contributed by atoms with Crippen LogP contribution in [-0.2, 0) is 10.4 Å². The Labute approximate surface area is 220 Å². The van der Waals surface area contributed by atoms with Gasteiger partial charge in [0.05, 0.1) is 18.6 Å². The molecule has 0 amide bonds. The summed E-state index contributed by atoms with van der Waals surface area (Å²) in [6.07, 6.45) is 0.690. The van der Waals surface area contributed by atoms with E-state index in [9.17, 15) is 14.7 Å². The molecule has 0 aliphatic rings. The van der Waals surface area contributed by atoms with E-state index in [4.69, 9.17) is 9.84 Å². The molecule has 0 bridgehead atoms. The summed E-state index contributed by atoms with van der Waals surface area (Å²) < 4.78 is 5.23. The largest absolute Gasteiger partial charge is 0.497 e. The number of carbonyl (C=O) groups excluding carboxylic acids is 1. The zero-order chi connectivity index (χ0) is 27.6. The standard InChI is InChI=1S/C16H14O3.C15H25NO2/c1-11(16(18)19)13-8-5-9-14(10-13)15(17)12-6-3-2-4-7-12;1-6-15(17,12(2)11-16(3)4)13-8-7-9-14(10-13)18-5/h2-11H,1H3,(H,18,19);7-10,12,17H,6,11H2,1-5H3/t;12-,15-/m.1/s1. The molecule has 6 heteroatoms. The second-order valence-electron chi connectivity index (χ2n) is 9.55. The van der Waals surface area contributed by atoms with E-state index >= 15 is 0 Å². The van der Waals surface area contributed by atoms with Gasteiger partial charge in [-0.25, -0.2) is 0 Å². The maximum Gasteiger partial charge on any atom is 0.310 e. The summed E-state index contributed by atoms with van der Waals surface area (Å²) in [5.41, 5.74) is 1.87. The Balaban J connectivity index is 0.000000261. The molecular weight excluding hydrogens is 466 g/mol. The number of aliphatic hydroxyl groups is 1. The molecular formula is C31H39NO5. The molecule has 0 fully saturated rings. The van der Waals surface area contributed by atoms with E-state index < -0.39 is 17.5 Å². The number of rotatable bonds is 10. The van der Waals surface area contributed by atoms with Crippen molar-refractivity contribution in [1.29, 1.82) is 0 Å². The maximum absolute atomic E-state index is 12.2. The third kappa shape index (κ3) is 8.00. The second-order valence-corrected chi connectivity index (χ2v) is 9.55. The number of hydrogen-bond donors (Lipinski definition) is 2. The highest BCUT2D eigenvalue weighted by Gasteiger charge is 2.34. The Bertz CT molecular complexity index is 1160. The number of aliphatic carboxylic acids is 1. The Morgan fingerprint density at radius 3 is 2.11 bits per heavy atom. The van der Waals surface area contributed by atoms with Gasteiger partial charge in [-0.2, -0.15) is 0 Å². The number of carbonyl (C=O) groups is 2. The first-order chi connectivity index (χ1) is 17.5. The minimum atomic E-state index is -0.899. The highest BCUT2D eigenvalue weighted by molar-refractivity contribution is 6.09. The van der Waals surface area contributed by atoms with E-state index in [-0.39, 0.29) is 11.7 Å². The number of hydrogen-bond acceptors (Lipinski definition) is 5. The van der Waals surface area contributed by atoms with Crippen molar-refractivity contribution in [3.63, 3.8) is 0 Å². The van der Waals surface area contributed by atoms with Crippen molar-refractivity contribution < 1.29 is 24.5 Å². The Morgan fingerprint density at radius 2 is 1.54 bits per heavy atom. The summed E-state index contributed by atoms with van der Waals surface area (Å²) >= 11 is 0. The maximum atomic E-state index is 12.2. The van der Waals surface area contributed by atoms with Crippen LogP contribution in [0.4, 0.5) is 0 Å². The molecule has 0 aliphatic heterocycles. The van der Waals surface area contributed by atoms with Gasteiger partial charge >= 0.3 is 5.97 Å². The van der Waals surface area contributed by atoms with Crippen molar-refractivity contribution in [3.8, 4) is 5.75 Å². The molecule has 0 saturated heterocycles. The predicted octanol–water partition coefficient (Wildman–Crippen LogP) is 5.60. The average molecular weight is 506 g/mol. The third-order valence-electron chi connectivity index (χ3n) is 6.62. The zero-order valence-electron chi connectivity index (χ0n) is 22.6. The fourth-order valence-corrected chi connectivity index (χ4v) is 4.28. The van der Waals surface area contributed by atoms with Gasteiger partial charge in [0.25, 0.3) is 0 Å². The van der Waals surface area contributed by atoms with Crippen molar-refractivity contribution in [2.45, 2.75) is 38.7 Å². The summed E-state index contributed by atoms with van der Waals surface area (Å²) in [4.78, 5) is 25.3. The lowest BCUT2D eigenvalue weighted by molar-refractivity contribution is -0.138. The van der Waals surface area contributed by atoms with Gasteiger partial charge in [-0.15, -0.1) is 0 Å². The first-order valence-electron chi connectivity index (χ1n) is 12.5. The lowest BCUT2D eigenvalue weighted by Crippen LogP contribution is -2.38. The number of ether oxygens (including phenoxy) is 1. The molecule has 0 aliphatic carbocycles. The van der Waals surface area contributed by atoms with Crippen LogP contribution in [0.1, 0.15) is 60.2 Å². The Kier molecular flexibility index (Phi) is 11.0. The van der Waals surface area contributed by atoms with Crippen LogP contribution in [0.3, 0.4) is 0 Å². The lowest BCUT2D eigenvalue weighted by atomic mass is 9.80. The molecule has 3 atom stereocenters. The van der Waals surface area contributed by atoms with Crippen LogP contribution in [-0.4, -0.2) is 54.6 Å². The monoisotopic (exact) mass is 505 g/mol. The lowest BCUT2D eigenvalue weighted by Gasteiger charge is -2.35. The van der Waals surface area contributed by atoms with Crippen LogP contribution in [0.25, 0.3) is 0 Å². The van der Waals surface area contributed by atoms with Gasteiger partial charge in [0.2, 0.25) is 0 Å². The SMILES string of the molecule is CC(C(=O)O)c1cccc(C(=O)c2ccccc2)c1.CC[C@](O)(c1cccc(OC)c1)[C@H](C)CN(C)C. The van der Waals surface area contributed by atoms with Crippen LogP contribution in [0.5, 0.6) is 5.75 Å². The molecule has 2 N–H and O–H groups in total. The fourth-order valence-electron chi connectivity index (χ4n) is 4.28. The van der Waals surface area contributed by atoms with Crippen molar-refractivity contribution in [2.75, 3.05) is 27.7 Å². The van der Waals surface area contributed by atoms with Gasteiger partial charge in [0, 0.05) is 23.6 Å². The molecule has 6 nitrogen and oxygen atoms in total. The molecule has 0 radical (unpaired) electrons. The van der Waals surface area contributed by atoms with E-state index in [1.165, 1.54) is 0 Å². The summed E-state index contributed by atoms with van der Waals surface area (Å²) in [6, 6.07) is 23.5. The number of ketones is 1. The summed E-state index contributed by atoms with van der Waals surface area (Å²) in [6.45, 7) is 6.56. The number of carboxylic acid groups (broad SMARTS) is 1. The van der Waals surface area contributed by atoms with E-state index in [1.54, 1.807) is 62.6 Å². The minimum Gasteiger partial charge on any atom is -0.497 e. The quantitative estimate of drug-likeness (QED) is 0.349. The van der Waals surface area contributed by atoms with Gasteiger partial charge < -0.3 is 19.8 Å². The van der Waals surface area contributed by atoms with Gasteiger partial charge in [0.1, 0.15) is 5.75 Å². The van der Waals surface area contributed by atoms with E-state index in [0.717, 1.165) is 17.9 Å². The van der Waals surface area contributed by atoms with Crippen molar-refractivity contribution >= 4 is 11.8 Å². The first kappa shape index (κ1) is 29.7. The molecule has 3 aromatic rings. The van der Waals surface area contributed by atoms with E-state index in [0.29, 0.717) is 23.1 Å². The second kappa shape index (κ2) is 13.7. The molecule has 198 valence electrons. The van der Waals surface area contributed by atoms with E-state index in [1.807, 2.05) is 51.4 Å². The summed E-state index contributed by atoms with van der Waals surface area (Å²) in [7, 11) is 5.70. The van der Waals surface area contributed by atoms with Crippen LogP contribution in [0.15, 0.2) is 78.9 Å². The smallest absolute Gasteiger partial charge is 0.310 e. The summed E-state index contributed by atoms with van der Waals surface area (Å²) in [5, 5.41) is 19.9. The van der Waals surface area contributed by atoms with Crippen LogP contribution in [0.2, 0.25) is 0 Å². The molecule has 37 heavy (non-hydrogen) atoms. The number of methoxy groups -OCH3 is 1. The van der Waals surface area contributed by atoms with Gasteiger partial charge in [-0.05, 0) is 56.8 Å². The topological polar surface area (TPSA) is 87.1 Å². The predicted molar refractivity (Wildman–Crippen MR) is 147 cm³/mol. The van der Waals surface area contributed by atoms with Crippen LogP contribution < -0.4 is 4.74 Å². The number of nitrogens with zero attached hydrogens (tertiary/aromatic N) is 1. The molecule has 0 aromatic heterocycles. The molecule has 0 saturated carbocycles. The van der Waals surface area contributed by atoms with E-state index in [2.05, 4.69) is 11.8 Å². The molecule has 1 unspecified atom stereocenters. The van der Waals surface area contributed by atoms with Crippen molar-refractivity contribution in [1.82, 2.24) is 4.90 Å². The van der Waals surface area contributed by atoms with Crippen LogP contribution in [0, 0.1) is 5.92 Å². The molecule has 0 heterocycles. The van der Waals surface area contributed by atoms with Crippen molar-refractivity contribution in [2.24, 2.45) is 5.92 Å². The zero-order valence-corrected chi connectivity index (χ0v) is 22.6. The number of benzene rings is 3. The first-order valence-corrected chi connectivity index (χ1v) is 12.5. The van der Waals surface area contributed by atoms with Gasteiger partial charge in [-0.1, -0.05) is 74.5 Å².